The monoisotopic (exact) mass is 168 g/mol. The number of Topliss-reactive ketones (excluding diaryl/α,β-unsaturated/α-hetero) is 1. The summed E-state index contributed by atoms with van der Waals surface area (Å²) in [5.41, 5.74) is 1.81. The summed E-state index contributed by atoms with van der Waals surface area (Å²) in [5.74, 6) is -0.105. The number of aliphatic hydroxyl groups is 1. The molecule has 0 amide bonds. The van der Waals surface area contributed by atoms with E-state index in [1.54, 1.807) is 6.92 Å². The highest BCUT2D eigenvalue weighted by Crippen LogP contribution is 2.38. The van der Waals surface area contributed by atoms with Crippen LogP contribution in [-0.2, 0) is 4.79 Å². The van der Waals surface area contributed by atoms with E-state index in [1.807, 2.05) is 6.92 Å². The van der Waals surface area contributed by atoms with Crippen LogP contribution < -0.4 is 0 Å². The van der Waals surface area contributed by atoms with Gasteiger partial charge in [0.2, 0.25) is 0 Å². The Labute approximate surface area is 73.3 Å². The first-order chi connectivity index (χ1) is 5.36. The molecule has 0 saturated carbocycles. The molecule has 0 aromatic carbocycles. The van der Waals surface area contributed by atoms with E-state index in [0.29, 0.717) is 6.42 Å². The minimum absolute atomic E-state index is 0.0303. The fourth-order valence-corrected chi connectivity index (χ4v) is 1.67. The highest BCUT2D eigenvalue weighted by molar-refractivity contribution is 5.99. The second-order valence-corrected chi connectivity index (χ2v) is 4.22. The Bertz CT molecular complexity index is 249. The molecule has 1 aliphatic rings. The average molecular weight is 168 g/mol. The summed E-state index contributed by atoms with van der Waals surface area (Å²) in [6.07, 6.45) is -0.238. The topological polar surface area (TPSA) is 37.3 Å². The van der Waals surface area contributed by atoms with Crippen molar-refractivity contribution in [3.63, 3.8) is 0 Å². The van der Waals surface area contributed by atoms with Gasteiger partial charge in [-0.15, -0.1) is 0 Å². The molecule has 12 heavy (non-hydrogen) atoms. The predicted molar refractivity (Wildman–Crippen MR) is 47.8 cm³/mol. The molecule has 68 valence electrons. The zero-order chi connectivity index (χ0) is 9.52. The molecule has 0 aromatic heterocycles. The van der Waals surface area contributed by atoms with Crippen molar-refractivity contribution < 1.29 is 9.90 Å². The molecule has 0 bridgehead atoms. The van der Waals surface area contributed by atoms with Crippen molar-refractivity contribution in [1.82, 2.24) is 0 Å². The lowest BCUT2D eigenvalue weighted by molar-refractivity contribution is -0.125. The van der Waals surface area contributed by atoms with Crippen molar-refractivity contribution in [1.29, 1.82) is 0 Å². The maximum Gasteiger partial charge on any atom is 0.186 e. The van der Waals surface area contributed by atoms with E-state index in [2.05, 4.69) is 13.8 Å². The summed E-state index contributed by atoms with van der Waals surface area (Å²) in [6, 6.07) is 0. The normalized spacial score (nSPS) is 29.4. The van der Waals surface area contributed by atoms with E-state index < -0.39 is 6.10 Å². The number of aliphatic hydroxyl groups excluding tert-OH is 1. The molecule has 1 rings (SSSR count). The van der Waals surface area contributed by atoms with Gasteiger partial charge in [0.15, 0.2) is 5.78 Å². The van der Waals surface area contributed by atoms with Gasteiger partial charge >= 0.3 is 0 Å². The number of rotatable bonds is 0. The van der Waals surface area contributed by atoms with Crippen LogP contribution in [-0.4, -0.2) is 17.0 Å². The van der Waals surface area contributed by atoms with Crippen molar-refractivity contribution in [2.45, 2.75) is 40.2 Å². The maximum atomic E-state index is 11.3. The zero-order valence-corrected chi connectivity index (χ0v) is 8.14. The van der Waals surface area contributed by atoms with Gasteiger partial charge < -0.3 is 5.11 Å². The molecule has 1 N–H and O–H groups in total. The maximum absolute atomic E-state index is 11.3. The molecule has 1 aliphatic carbocycles. The van der Waals surface area contributed by atoms with Gasteiger partial charge in [-0.25, -0.2) is 0 Å². The summed E-state index contributed by atoms with van der Waals surface area (Å²) >= 11 is 0. The Morgan fingerprint density at radius 2 is 1.92 bits per heavy atom. The molecule has 0 unspecified atom stereocenters. The lowest BCUT2D eigenvalue weighted by Crippen LogP contribution is -2.35. The summed E-state index contributed by atoms with van der Waals surface area (Å²) < 4.78 is 0. The first-order valence-corrected chi connectivity index (χ1v) is 4.26. The molecule has 0 saturated heterocycles. The van der Waals surface area contributed by atoms with Gasteiger partial charge in [0, 0.05) is 0 Å². The number of carbonyl (C=O) groups excluding carboxylic acids is 1. The van der Waals surface area contributed by atoms with Crippen molar-refractivity contribution in [2.24, 2.45) is 5.41 Å². The second-order valence-electron chi connectivity index (χ2n) is 4.22. The van der Waals surface area contributed by atoms with Gasteiger partial charge in [0.1, 0.15) is 6.10 Å². The minimum atomic E-state index is -0.788. The summed E-state index contributed by atoms with van der Waals surface area (Å²) in [6.45, 7) is 7.88. The quantitative estimate of drug-likeness (QED) is 0.597. The Morgan fingerprint density at radius 3 is 2.42 bits per heavy atom. The molecule has 0 heterocycles. The fraction of sp³-hybridized carbons (Fsp3) is 0.700. The molecule has 1 atom stereocenters. The van der Waals surface area contributed by atoms with Crippen molar-refractivity contribution >= 4 is 5.78 Å². The largest absolute Gasteiger partial charge is 0.385 e. The van der Waals surface area contributed by atoms with Gasteiger partial charge in [-0.05, 0) is 31.3 Å². The van der Waals surface area contributed by atoms with E-state index in [9.17, 15) is 9.90 Å². The molecule has 2 heteroatoms. The van der Waals surface area contributed by atoms with Crippen LogP contribution in [0.1, 0.15) is 34.1 Å². The van der Waals surface area contributed by atoms with E-state index in [0.717, 1.165) is 11.1 Å². The standard InChI is InChI=1S/C10H16O2/c1-6-7(2)10(3,4)5-8(11)9(6)12/h8,11H,5H2,1-4H3/t8-/m1/s1. The minimum Gasteiger partial charge on any atom is -0.385 e. The Hall–Kier alpha value is -0.630. The van der Waals surface area contributed by atoms with Gasteiger partial charge in [-0.1, -0.05) is 19.4 Å². The summed E-state index contributed by atoms with van der Waals surface area (Å²) in [7, 11) is 0. The number of hydrogen-bond acceptors (Lipinski definition) is 2. The van der Waals surface area contributed by atoms with Crippen LogP contribution in [0.5, 0.6) is 0 Å². The van der Waals surface area contributed by atoms with Crippen LogP contribution in [0.25, 0.3) is 0 Å². The number of hydrogen-bond donors (Lipinski definition) is 1. The first kappa shape index (κ1) is 9.46. The lowest BCUT2D eigenvalue weighted by atomic mass is 9.72. The molecule has 0 aromatic rings. The van der Waals surface area contributed by atoms with Crippen molar-refractivity contribution in [2.75, 3.05) is 0 Å². The summed E-state index contributed by atoms with van der Waals surface area (Å²) in [4.78, 5) is 11.3. The molecule has 0 radical (unpaired) electrons. The molecule has 2 nitrogen and oxygen atoms in total. The Kier molecular flexibility index (Phi) is 2.13. The van der Waals surface area contributed by atoms with Crippen LogP contribution >= 0.6 is 0 Å². The molecular formula is C10H16O2. The third-order valence-electron chi connectivity index (χ3n) is 2.95. The zero-order valence-electron chi connectivity index (χ0n) is 8.14. The first-order valence-electron chi connectivity index (χ1n) is 4.26. The third-order valence-corrected chi connectivity index (χ3v) is 2.95. The number of allylic oxidation sites excluding steroid dienone is 1. The highest BCUT2D eigenvalue weighted by Gasteiger charge is 2.35. The van der Waals surface area contributed by atoms with Crippen LogP contribution in [0, 0.1) is 5.41 Å². The fourth-order valence-electron chi connectivity index (χ4n) is 1.67. The van der Waals surface area contributed by atoms with Gasteiger partial charge in [-0.2, -0.15) is 0 Å². The average Bonchev–Trinajstić information content (AvgIpc) is 1.97. The lowest BCUT2D eigenvalue weighted by Gasteiger charge is -2.34. The van der Waals surface area contributed by atoms with Crippen LogP contribution in [0.4, 0.5) is 0 Å². The third kappa shape index (κ3) is 1.31. The smallest absolute Gasteiger partial charge is 0.186 e. The van der Waals surface area contributed by atoms with Crippen molar-refractivity contribution in [3.8, 4) is 0 Å². The molecular weight excluding hydrogens is 152 g/mol. The second kappa shape index (κ2) is 2.70. The summed E-state index contributed by atoms with van der Waals surface area (Å²) in [5, 5.41) is 9.42. The van der Waals surface area contributed by atoms with Crippen molar-refractivity contribution in [3.05, 3.63) is 11.1 Å². The SMILES string of the molecule is CC1=C(C)C(C)(C)C[C@@H](O)C1=O. The predicted octanol–water partition coefficient (Wildman–Crippen LogP) is 1.68. The van der Waals surface area contributed by atoms with E-state index in [1.165, 1.54) is 0 Å². The van der Waals surface area contributed by atoms with Gasteiger partial charge in [0.25, 0.3) is 0 Å². The van der Waals surface area contributed by atoms with Crippen LogP contribution in [0.2, 0.25) is 0 Å². The Morgan fingerprint density at radius 1 is 1.42 bits per heavy atom. The van der Waals surface area contributed by atoms with Gasteiger partial charge in [0.05, 0.1) is 0 Å². The van der Waals surface area contributed by atoms with Gasteiger partial charge in [-0.3, -0.25) is 4.79 Å². The van der Waals surface area contributed by atoms with E-state index in [-0.39, 0.29) is 11.2 Å². The number of carbonyl (C=O) groups is 1. The van der Waals surface area contributed by atoms with E-state index in [4.69, 9.17) is 0 Å². The molecule has 0 aliphatic heterocycles. The molecule has 0 spiro atoms. The molecule has 0 fully saturated rings. The Balaban J connectivity index is 3.13. The number of ketones is 1. The highest BCUT2D eigenvalue weighted by atomic mass is 16.3. The van der Waals surface area contributed by atoms with Crippen LogP contribution in [0.15, 0.2) is 11.1 Å². The van der Waals surface area contributed by atoms with E-state index >= 15 is 0 Å². The van der Waals surface area contributed by atoms with Crippen LogP contribution in [0.3, 0.4) is 0 Å².